The third kappa shape index (κ3) is 4.99. The van der Waals surface area contributed by atoms with E-state index < -0.39 is 0 Å². The van der Waals surface area contributed by atoms with Crippen LogP contribution >= 0.6 is 0 Å². The van der Waals surface area contributed by atoms with Gasteiger partial charge in [0.15, 0.2) is 5.82 Å². The number of hydrogen-bond donors (Lipinski definition) is 1. The lowest BCUT2D eigenvalue weighted by Crippen LogP contribution is -2.48. The van der Waals surface area contributed by atoms with Crippen molar-refractivity contribution in [1.29, 1.82) is 0 Å². The number of fused-ring (bicyclic) bond motifs is 2. The molecule has 164 valence electrons. The van der Waals surface area contributed by atoms with Gasteiger partial charge in [-0.2, -0.15) is 0 Å². The third-order valence-corrected chi connectivity index (χ3v) is 5.41. The van der Waals surface area contributed by atoms with Gasteiger partial charge in [-0.05, 0) is 43.4 Å². The van der Waals surface area contributed by atoms with Gasteiger partial charge in [0.1, 0.15) is 0 Å². The van der Waals surface area contributed by atoms with Crippen LogP contribution in [0.25, 0.3) is 0 Å². The molecule has 4 heterocycles. The molecule has 8 nitrogen and oxygen atoms in total. The smallest absolute Gasteiger partial charge is 0.257 e. The standard InChI is InChI=1S/C19H21N5O2.C5H5N/c1-22-9-11-23(12-10-22)13-17(25)24-16-7-3-2-5-14(16)19(26)21-15-6-4-8-20-18(15)24;1-2-4-6-5-3-1/h2-8H,9-13H2,1H3,(H,21,26);1-5H. The number of likely N-dealkylation sites (N-methyl/N-ethyl adjacent to an activating group) is 1. The summed E-state index contributed by atoms with van der Waals surface area (Å²) in [6.45, 7) is 3.89. The minimum Gasteiger partial charge on any atom is -0.319 e. The second-order valence-corrected chi connectivity index (χ2v) is 7.68. The Labute approximate surface area is 187 Å². The summed E-state index contributed by atoms with van der Waals surface area (Å²) in [5.74, 6) is 0.146. The molecule has 8 heteroatoms. The molecule has 1 saturated heterocycles. The first-order valence-corrected chi connectivity index (χ1v) is 10.6. The molecule has 1 aromatic carbocycles. The summed E-state index contributed by atoms with van der Waals surface area (Å²) < 4.78 is 0. The zero-order valence-corrected chi connectivity index (χ0v) is 18.0. The number of aromatic nitrogens is 2. The quantitative estimate of drug-likeness (QED) is 0.673. The molecule has 0 aliphatic carbocycles. The van der Waals surface area contributed by atoms with Gasteiger partial charge in [0.2, 0.25) is 5.91 Å². The minimum atomic E-state index is -0.232. The predicted octanol–water partition coefficient (Wildman–Crippen LogP) is 2.64. The van der Waals surface area contributed by atoms with E-state index in [2.05, 4.69) is 32.1 Å². The second kappa shape index (κ2) is 10.1. The fourth-order valence-electron chi connectivity index (χ4n) is 3.67. The lowest BCUT2D eigenvalue weighted by Gasteiger charge is -2.33. The molecule has 3 aromatic rings. The van der Waals surface area contributed by atoms with Gasteiger partial charge in [0, 0.05) is 44.8 Å². The van der Waals surface area contributed by atoms with Gasteiger partial charge in [-0.3, -0.25) is 24.4 Å². The van der Waals surface area contributed by atoms with Crippen molar-refractivity contribution < 1.29 is 9.59 Å². The third-order valence-electron chi connectivity index (χ3n) is 5.41. The van der Waals surface area contributed by atoms with Crippen molar-refractivity contribution in [3.05, 3.63) is 78.8 Å². The van der Waals surface area contributed by atoms with Gasteiger partial charge in [-0.25, -0.2) is 4.98 Å². The van der Waals surface area contributed by atoms with Crippen LogP contribution in [0.4, 0.5) is 17.2 Å². The lowest BCUT2D eigenvalue weighted by atomic mass is 10.1. The maximum atomic E-state index is 13.2. The molecule has 5 rings (SSSR count). The summed E-state index contributed by atoms with van der Waals surface area (Å²) in [5.41, 5.74) is 1.58. The number of piperazine rings is 1. The summed E-state index contributed by atoms with van der Waals surface area (Å²) >= 11 is 0. The number of anilines is 3. The largest absolute Gasteiger partial charge is 0.319 e. The zero-order chi connectivity index (χ0) is 22.3. The molecule has 0 unspecified atom stereocenters. The summed E-state index contributed by atoms with van der Waals surface area (Å²) in [4.78, 5) is 39.9. The van der Waals surface area contributed by atoms with Crippen molar-refractivity contribution in [2.24, 2.45) is 0 Å². The number of amides is 2. The predicted molar refractivity (Wildman–Crippen MR) is 124 cm³/mol. The van der Waals surface area contributed by atoms with E-state index >= 15 is 0 Å². The van der Waals surface area contributed by atoms with Crippen molar-refractivity contribution in [1.82, 2.24) is 19.8 Å². The average molecular weight is 431 g/mol. The molecule has 0 radical (unpaired) electrons. The SMILES string of the molecule is CN1CCN(CC(=O)N2c3ccccc3C(=O)Nc3cccnc32)CC1.c1ccncc1. The van der Waals surface area contributed by atoms with E-state index in [9.17, 15) is 9.59 Å². The number of nitrogens with zero attached hydrogens (tertiary/aromatic N) is 5. The highest BCUT2D eigenvalue weighted by Crippen LogP contribution is 2.36. The van der Waals surface area contributed by atoms with Gasteiger partial charge in [0.25, 0.3) is 5.91 Å². The number of para-hydroxylation sites is 1. The topological polar surface area (TPSA) is 81.7 Å². The van der Waals surface area contributed by atoms with E-state index in [1.165, 1.54) is 0 Å². The first kappa shape index (κ1) is 21.6. The van der Waals surface area contributed by atoms with Crippen LogP contribution in [0, 0.1) is 0 Å². The van der Waals surface area contributed by atoms with Gasteiger partial charge in [0.05, 0.1) is 23.5 Å². The number of pyridine rings is 2. The summed E-state index contributed by atoms with van der Waals surface area (Å²) in [6.07, 6.45) is 5.13. The lowest BCUT2D eigenvalue weighted by molar-refractivity contribution is -0.119. The maximum Gasteiger partial charge on any atom is 0.257 e. The molecule has 0 saturated carbocycles. The highest BCUT2D eigenvalue weighted by atomic mass is 16.2. The highest BCUT2D eigenvalue weighted by Gasteiger charge is 2.31. The Kier molecular flexibility index (Phi) is 6.84. The van der Waals surface area contributed by atoms with Gasteiger partial charge in [-0.1, -0.05) is 18.2 Å². The maximum absolute atomic E-state index is 13.2. The number of carbonyl (C=O) groups is 2. The first-order chi connectivity index (χ1) is 15.6. The molecule has 2 aliphatic rings. The molecule has 32 heavy (non-hydrogen) atoms. The fourth-order valence-corrected chi connectivity index (χ4v) is 3.67. The van der Waals surface area contributed by atoms with Gasteiger partial charge < -0.3 is 10.2 Å². The van der Waals surface area contributed by atoms with E-state index in [4.69, 9.17) is 0 Å². The summed E-state index contributed by atoms with van der Waals surface area (Å²) in [7, 11) is 2.08. The number of carbonyl (C=O) groups excluding carboxylic acids is 2. The Morgan fingerprint density at radius 2 is 1.69 bits per heavy atom. The molecular weight excluding hydrogens is 404 g/mol. The number of nitrogens with one attached hydrogen (secondary N) is 1. The Hall–Kier alpha value is -3.62. The fraction of sp³-hybridized carbons (Fsp3) is 0.250. The molecule has 0 atom stereocenters. The molecule has 0 bridgehead atoms. The molecule has 2 amide bonds. The van der Waals surface area contributed by atoms with E-state index in [-0.39, 0.29) is 11.8 Å². The van der Waals surface area contributed by atoms with Crippen LogP contribution in [-0.2, 0) is 4.79 Å². The van der Waals surface area contributed by atoms with Crippen molar-refractivity contribution in [3.8, 4) is 0 Å². The van der Waals surface area contributed by atoms with E-state index in [0.717, 1.165) is 26.2 Å². The minimum absolute atomic E-state index is 0.0848. The van der Waals surface area contributed by atoms with Crippen LogP contribution in [0.2, 0.25) is 0 Å². The molecule has 2 aromatic heterocycles. The first-order valence-electron chi connectivity index (χ1n) is 10.6. The monoisotopic (exact) mass is 430 g/mol. The summed E-state index contributed by atoms with van der Waals surface area (Å²) in [6, 6.07) is 16.4. The molecule has 2 aliphatic heterocycles. The van der Waals surface area contributed by atoms with Crippen LogP contribution in [0.5, 0.6) is 0 Å². The van der Waals surface area contributed by atoms with Crippen LogP contribution < -0.4 is 10.2 Å². The number of hydrogen-bond acceptors (Lipinski definition) is 6. The van der Waals surface area contributed by atoms with E-state index in [0.29, 0.717) is 29.3 Å². The molecule has 0 spiro atoms. The van der Waals surface area contributed by atoms with Crippen LogP contribution in [-0.4, -0.2) is 71.4 Å². The van der Waals surface area contributed by atoms with Crippen LogP contribution in [0.3, 0.4) is 0 Å². The normalized spacial score (nSPS) is 16.0. The molecular formula is C24H26N6O2. The van der Waals surface area contributed by atoms with Crippen LogP contribution in [0.1, 0.15) is 10.4 Å². The van der Waals surface area contributed by atoms with Crippen molar-refractivity contribution in [2.45, 2.75) is 0 Å². The highest BCUT2D eigenvalue weighted by molar-refractivity contribution is 6.17. The van der Waals surface area contributed by atoms with Gasteiger partial charge >= 0.3 is 0 Å². The van der Waals surface area contributed by atoms with Crippen molar-refractivity contribution in [2.75, 3.05) is 50.0 Å². The molecule has 1 N–H and O–H groups in total. The van der Waals surface area contributed by atoms with Gasteiger partial charge in [-0.15, -0.1) is 0 Å². The van der Waals surface area contributed by atoms with Crippen LogP contribution in [0.15, 0.2) is 73.2 Å². The Bertz CT molecular complexity index is 1040. The Balaban J connectivity index is 0.000000354. The number of benzene rings is 1. The second-order valence-electron chi connectivity index (χ2n) is 7.68. The van der Waals surface area contributed by atoms with Crippen molar-refractivity contribution in [3.63, 3.8) is 0 Å². The van der Waals surface area contributed by atoms with E-state index in [1.54, 1.807) is 53.8 Å². The summed E-state index contributed by atoms with van der Waals surface area (Å²) in [5, 5.41) is 2.86. The Morgan fingerprint density at radius 3 is 2.38 bits per heavy atom. The van der Waals surface area contributed by atoms with E-state index in [1.807, 2.05) is 24.3 Å². The zero-order valence-electron chi connectivity index (χ0n) is 18.0. The van der Waals surface area contributed by atoms with Crippen molar-refractivity contribution >= 4 is 29.0 Å². The number of rotatable bonds is 2. The Morgan fingerprint density at radius 1 is 0.938 bits per heavy atom. The molecule has 1 fully saturated rings. The average Bonchev–Trinajstić information content (AvgIpc) is 2.96.